The van der Waals surface area contributed by atoms with E-state index < -0.39 is 18.3 Å². The SMILES string of the molecule is CCCCCC(C)NC(=O)CC(=O)O. The van der Waals surface area contributed by atoms with Crippen molar-refractivity contribution in [3.63, 3.8) is 0 Å². The Kier molecular flexibility index (Phi) is 6.80. The van der Waals surface area contributed by atoms with Gasteiger partial charge in [0.15, 0.2) is 0 Å². The fourth-order valence-electron chi connectivity index (χ4n) is 1.24. The Morgan fingerprint density at radius 2 is 2.00 bits per heavy atom. The van der Waals surface area contributed by atoms with E-state index >= 15 is 0 Å². The van der Waals surface area contributed by atoms with Crippen molar-refractivity contribution in [1.29, 1.82) is 0 Å². The average Bonchev–Trinajstić information content (AvgIpc) is 2.02. The highest BCUT2D eigenvalue weighted by atomic mass is 16.4. The molecule has 0 aliphatic heterocycles. The first-order chi connectivity index (χ1) is 6.56. The van der Waals surface area contributed by atoms with E-state index in [4.69, 9.17) is 5.11 Å². The van der Waals surface area contributed by atoms with Gasteiger partial charge in [0.2, 0.25) is 5.91 Å². The van der Waals surface area contributed by atoms with Crippen LogP contribution < -0.4 is 5.32 Å². The molecule has 0 aromatic carbocycles. The highest BCUT2D eigenvalue weighted by Crippen LogP contribution is 2.02. The average molecular weight is 201 g/mol. The first-order valence-corrected chi connectivity index (χ1v) is 5.07. The van der Waals surface area contributed by atoms with Crippen LogP contribution in [0, 0.1) is 0 Å². The van der Waals surface area contributed by atoms with Crippen LogP contribution in [0.4, 0.5) is 0 Å². The lowest BCUT2D eigenvalue weighted by Crippen LogP contribution is -2.33. The number of nitrogens with one attached hydrogen (secondary N) is 1. The van der Waals surface area contributed by atoms with Gasteiger partial charge in [-0.25, -0.2) is 0 Å². The predicted octanol–water partition coefficient (Wildman–Crippen LogP) is 1.55. The van der Waals surface area contributed by atoms with E-state index in [0.29, 0.717) is 0 Å². The molecule has 1 unspecified atom stereocenters. The van der Waals surface area contributed by atoms with Crippen LogP contribution in [0.1, 0.15) is 46.0 Å². The van der Waals surface area contributed by atoms with Crippen LogP contribution in [0.25, 0.3) is 0 Å². The van der Waals surface area contributed by atoms with Gasteiger partial charge in [-0.05, 0) is 13.3 Å². The summed E-state index contributed by atoms with van der Waals surface area (Å²) in [6, 6.07) is 0.0772. The molecule has 0 bridgehead atoms. The maximum atomic E-state index is 11.0. The van der Waals surface area contributed by atoms with Crippen LogP contribution in [-0.2, 0) is 9.59 Å². The summed E-state index contributed by atoms with van der Waals surface area (Å²) in [6.45, 7) is 4.02. The normalized spacial score (nSPS) is 12.1. The van der Waals surface area contributed by atoms with Gasteiger partial charge in [0.25, 0.3) is 0 Å². The Labute approximate surface area is 84.7 Å². The zero-order valence-corrected chi connectivity index (χ0v) is 8.88. The highest BCUT2D eigenvalue weighted by molar-refractivity contribution is 5.93. The molecule has 1 amide bonds. The molecule has 0 aromatic heterocycles. The predicted molar refractivity (Wildman–Crippen MR) is 54.0 cm³/mol. The number of unbranched alkanes of at least 4 members (excludes halogenated alkanes) is 2. The van der Waals surface area contributed by atoms with Crippen molar-refractivity contribution >= 4 is 11.9 Å². The number of hydrogen-bond donors (Lipinski definition) is 2. The summed E-state index contributed by atoms with van der Waals surface area (Å²) < 4.78 is 0. The van der Waals surface area contributed by atoms with E-state index in [1.165, 1.54) is 0 Å². The number of carbonyl (C=O) groups is 2. The third-order valence-electron chi connectivity index (χ3n) is 1.96. The van der Waals surface area contributed by atoms with Crippen LogP contribution in [0.3, 0.4) is 0 Å². The fourth-order valence-corrected chi connectivity index (χ4v) is 1.24. The summed E-state index contributed by atoms with van der Waals surface area (Å²) in [5, 5.41) is 11.0. The van der Waals surface area contributed by atoms with Crippen LogP contribution in [0.2, 0.25) is 0 Å². The Morgan fingerprint density at radius 1 is 1.36 bits per heavy atom. The van der Waals surface area contributed by atoms with Crippen molar-refractivity contribution in [3.05, 3.63) is 0 Å². The Hall–Kier alpha value is -1.06. The molecule has 0 saturated heterocycles. The number of rotatable bonds is 7. The Morgan fingerprint density at radius 3 is 2.50 bits per heavy atom. The first-order valence-electron chi connectivity index (χ1n) is 5.07. The van der Waals surface area contributed by atoms with Crippen molar-refractivity contribution in [2.75, 3.05) is 0 Å². The molecule has 0 rings (SSSR count). The largest absolute Gasteiger partial charge is 0.481 e. The summed E-state index contributed by atoms with van der Waals surface area (Å²) in [5.74, 6) is -1.48. The third-order valence-corrected chi connectivity index (χ3v) is 1.96. The van der Waals surface area contributed by atoms with Crippen LogP contribution in [0.5, 0.6) is 0 Å². The fraction of sp³-hybridized carbons (Fsp3) is 0.800. The minimum absolute atomic E-state index is 0.0772. The quantitative estimate of drug-likeness (QED) is 0.485. The lowest BCUT2D eigenvalue weighted by molar-refractivity contribution is -0.140. The standard InChI is InChI=1S/C10H19NO3/c1-3-4-5-6-8(2)11-9(12)7-10(13)14/h8H,3-7H2,1-2H3,(H,11,12)(H,13,14). The number of carboxylic acids is 1. The molecule has 2 N–H and O–H groups in total. The second-order valence-corrected chi connectivity index (χ2v) is 3.53. The molecular formula is C10H19NO3. The molecule has 0 fully saturated rings. The Bertz CT molecular complexity index is 192. The molecule has 0 heterocycles. The lowest BCUT2D eigenvalue weighted by atomic mass is 10.1. The zero-order valence-electron chi connectivity index (χ0n) is 8.88. The van der Waals surface area contributed by atoms with Gasteiger partial charge in [0.1, 0.15) is 6.42 Å². The maximum Gasteiger partial charge on any atom is 0.312 e. The molecule has 0 saturated carbocycles. The topological polar surface area (TPSA) is 66.4 Å². The molecule has 0 aliphatic carbocycles. The van der Waals surface area contributed by atoms with E-state index in [2.05, 4.69) is 12.2 Å². The summed E-state index contributed by atoms with van der Waals surface area (Å²) >= 11 is 0. The molecule has 0 radical (unpaired) electrons. The second kappa shape index (κ2) is 7.35. The lowest BCUT2D eigenvalue weighted by Gasteiger charge is -2.12. The number of carbonyl (C=O) groups excluding carboxylic acids is 1. The summed E-state index contributed by atoms with van der Waals surface area (Å²) in [6.07, 6.45) is 3.86. The summed E-state index contributed by atoms with van der Waals surface area (Å²) in [7, 11) is 0. The molecule has 1 atom stereocenters. The molecular weight excluding hydrogens is 182 g/mol. The minimum Gasteiger partial charge on any atom is -0.481 e. The van der Waals surface area contributed by atoms with Gasteiger partial charge in [0, 0.05) is 6.04 Å². The van der Waals surface area contributed by atoms with Gasteiger partial charge in [-0.3, -0.25) is 9.59 Å². The zero-order chi connectivity index (χ0) is 11.0. The van der Waals surface area contributed by atoms with Gasteiger partial charge < -0.3 is 10.4 Å². The van der Waals surface area contributed by atoms with Gasteiger partial charge in [0.05, 0.1) is 0 Å². The summed E-state index contributed by atoms with van der Waals surface area (Å²) in [5.41, 5.74) is 0. The number of aliphatic carboxylic acids is 1. The van der Waals surface area contributed by atoms with Gasteiger partial charge in [-0.2, -0.15) is 0 Å². The first kappa shape index (κ1) is 12.9. The van der Waals surface area contributed by atoms with E-state index in [1.54, 1.807) is 0 Å². The monoisotopic (exact) mass is 201 g/mol. The van der Waals surface area contributed by atoms with Crippen molar-refractivity contribution in [2.45, 2.75) is 52.0 Å². The van der Waals surface area contributed by atoms with E-state index in [1.807, 2.05) is 6.92 Å². The van der Waals surface area contributed by atoms with Crippen molar-refractivity contribution < 1.29 is 14.7 Å². The minimum atomic E-state index is -1.08. The van der Waals surface area contributed by atoms with Crippen molar-refractivity contribution in [1.82, 2.24) is 5.32 Å². The molecule has 82 valence electrons. The van der Waals surface area contributed by atoms with Crippen LogP contribution >= 0.6 is 0 Å². The van der Waals surface area contributed by atoms with Crippen LogP contribution in [0.15, 0.2) is 0 Å². The van der Waals surface area contributed by atoms with Crippen molar-refractivity contribution in [3.8, 4) is 0 Å². The molecule has 0 spiro atoms. The Balaban J connectivity index is 3.55. The number of amides is 1. The smallest absolute Gasteiger partial charge is 0.312 e. The molecule has 14 heavy (non-hydrogen) atoms. The van der Waals surface area contributed by atoms with E-state index in [0.717, 1.165) is 25.7 Å². The summed E-state index contributed by atoms with van der Waals surface area (Å²) in [4.78, 5) is 21.2. The highest BCUT2D eigenvalue weighted by Gasteiger charge is 2.10. The van der Waals surface area contributed by atoms with Gasteiger partial charge >= 0.3 is 5.97 Å². The number of carboxylic acid groups (broad SMARTS) is 1. The van der Waals surface area contributed by atoms with Crippen molar-refractivity contribution in [2.24, 2.45) is 0 Å². The molecule has 0 aromatic rings. The maximum absolute atomic E-state index is 11.0. The number of hydrogen-bond acceptors (Lipinski definition) is 2. The van der Waals surface area contributed by atoms with Gasteiger partial charge in [-0.15, -0.1) is 0 Å². The second-order valence-electron chi connectivity index (χ2n) is 3.53. The third kappa shape index (κ3) is 7.58. The molecule has 0 aliphatic rings. The molecule has 4 nitrogen and oxygen atoms in total. The van der Waals surface area contributed by atoms with E-state index in [9.17, 15) is 9.59 Å². The van der Waals surface area contributed by atoms with Gasteiger partial charge in [-0.1, -0.05) is 26.2 Å². The van der Waals surface area contributed by atoms with E-state index in [-0.39, 0.29) is 6.04 Å². The molecule has 4 heteroatoms. The van der Waals surface area contributed by atoms with Crippen LogP contribution in [-0.4, -0.2) is 23.0 Å².